The molecule has 1 saturated heterocycles. The number of nitrogens with zero attached hydrogens (tertiary/aromatic N) is 1. The maximum absolute atomic E-state index is 3.35. The number of nitrogens with one attached hydrogen (secondary N) is 1. The van der Waals surface area contributed by atoms with E-state index in [1.807, 2.05) is 11.3 Å². The highest BCUT2D eigenvalue weighted by atomic mass is 127. The van der Waals surface area contributed by atoms with Gasteiger partial charge >= 0.3 is 0 Å². The molecular formula is C8H11IN2S. The topological polar surface area (TPSA) is 15.3 Å². The molecule has 4 heteroatoms. The lowest BCUT2D eigenvalue weighted by Gasteiger charge is -2.27. The molecule has 0 aromatic carbocycles. The van der Waals surface area contributed by atoms with Crippen LogP contribution in [0.3, 0.4) is 0 Å². The Morgan fingerprint density at radius 3 is 2.67 bits per heavy atom. The minimum absolute atomic E-state index is 1.12. The summed E-state index contributed by atoms with van der Waals surface area (Å²) in [6, 6.07) is 4.40. The van der Waals surface area contributed by atoms with Crippen molar-refractivity contribution in [2.75, 3.05) is 31.1 Å². The lowest BCUT2D eigenvalue weighted by molar-refractivity contribution is 0.592. The van der Waals surface area contributed by atoms with E-state index >= 15 is 0 Å². The first-order valence-corrected chi connectivity index (χ1v) is 5.97. The van der Waals surface area contributed by atoms with Crippen LogP contribution in [-0.2, 0) is 0 Å². The lowest BCUT2D eigenvalue weighted by Crippen LogP contribution is -2.43. The first kappa shape index (κ1) is 8.77. The number of anilines is 1. The van der Waals surface area contributed by atoms with Gasteiger partial charge in [-0.15, -0.1) is 11.3 Å². The molecule has 1 aliphatic rings. The van der Waals surface area contributed by atoms with E-state index in [1.54, 1.807) is 0 Å². The molecule has 2 heterocycles. The Morgan fingerprint density at radius 1 is 1.33 bits per heavy atom. The van der Waals surface area contributed by atoms with Gasteiger partial charge in [-0.3, -0.25) is 0 Å². The SMILES string of the molecule is Ic1ccc(N2CCNCC2)s1. The molecule has 1 fully saturated rings. The van der Waals surface area contributed by atoms with Crippen molar-refractivity contribution in [3.8, 4) is 0 Å². The molecule has 1 aromatic rings. The number of thiophene rings is 1. The summed E-state index contributed by atoms with van der Waals surface area (Å²) in [5.41, 5.74) is 0. The average Bonchev–Trinajstić information content (AvgIpc) is 2.54. The van der Waals surface area contributed by atoms with Gasteiger partial charge in [0.15, 0.2) is 0 Å². The second kappa shape index (κ2) is 3.93. The van der Waals surface area contributed by atoms with Crippen LogP contribution >= 0.6 is 33.9 Å². The molecule has 12 heavy (non-hydrogen) atoms. The number of hydrogen-bond donors (Lipinski definition) is 1. The van der Waals surface area contributed by atoms with Crippen LogP contribution in [0.25, 0.3) is 0 Å². The van der Waals surface area contributed by atoms with E-state index in [0.717, 1.165) is 26.2 Å². The van der Waals surface area contributed by atoms with E-state index in [-0.39, 0.29) is 0 Å². The molecule has 0 unspecified atom stereocenters. The van der Waals surface area contributed by atoms with Gasteiger partial charge in [-0.2, -0.15) is 0 Å². The van der Waals surface area contributed by atoms with Gasteiger partial charge in [0.25, 0.3) is 0 Å². The van der Waals surface area contributed by atoms with E-state index in [2.05, 4.69) is 44.9 Å². The predicted octanol–water partition coefficient (Wildman–Crippen LogP) is 1.76. The number of rotatable bonds is 1. The summed E-state index contributed by atoms with van der Waals surface area (Å²) in [6.07, 6.45) is 0. The van der Waals surface area contributed by atoms with Crippen molar-refractivity contribution in [3.05, 3.63) is 15.0 Å². The van der Waals surface area contributed by atoms with Gasteiger partial charge < -0.3 is 10.2 Å². The zero-order valence-corrected chi connectivity index (χ0v) is 9.69. The van der Waals surface area contributed by atoms with Crippen molar-refractivity contribution in [2.45, 2.75) is 0 Å². The van der Waals surface area contributed by atoms with Crippen molar-refractivity contribution < 1.29 is 0 Å². The lowest BCUT2D eigenvalue weighted by atomic mass is 10.4. The molecule has 2 rings (SSSR count). The third kappa shape index (κ3) is 1.92. The minimum Gasteiger partial charge on any atom is -0.361 e. The second-order valence-corrected chi connectivity index (χ2v) is 5.77. The van der Waals surface area contributed by atoms with Crippen molar-refractivity contribution in [3.63, 3.8) is 0 Å². The maximum Gasteiger partial charge on any atom is 0.0920 e. The van der Waals surface area contributed by atoms with E-state index in [9.17, 15) is 0 Å². The van der Waals surface area contributed by atoms with Crippen LogP contribution in [0.15, 0.2) is 12.1 Å². The molecule has 0 bridgehead atoms. The minimum atomic E-state index is 1.12. The van der Waals surface area contributed by atoms with E-state index in [4.69, 9.17) is 0 Å². The molecule has 0 amide bonds. The summed E-state index contributed by atoms with van der Waals surface area (Å²) < 4.78 is 1.38. The molecule has 0 radical (unpaired) electrons. The molecule has 1 aromatic heterocycles. The standard InChI is InChI=1S/C8H11IN2S/c9-7-1-2-8(12-7)11-5-3-10-4-6-11/h1-2,10H,3-6H2. The van der Waals surface area contributed by atoms with Crippen LogP contribution in [0.4, 0.5) is 5.00 Å². The van der Waals surface area contributed by atoms with Gasteiger partial charge in [0.05, 0.1) is 7.88 Å². The molecule has 2 nitrogen and oxygen atoms in total. The average molecular weight is 294 g/mol. The van der Waals surface area contributed by atoms with Gasteiger partial charge in [-0.1, -0.05) is 0 Å². The van der Waals surface area contributed by atoms with Crippen LogP contribution in [0.5, 0.6) is 0 Å². The third-order valence-electron chi connectivity index (χ3n) is 1.99. The van der Waals surface area contributed by atoms with Crippen LogP contribution in [-0.4, -0.2) is 26.2 Å². The quantitative estimate of drug-likeness (QED) is 0.794. The second-order valence-electron chi connectivity index (χ2n) is 2.81. The first-order valence-electron chi connectivity index (χ1n) is 4.07. The zero-order chi connectivity index (χ0) is 8.39. The van der Waals surface area contributed by atoms with Crippen LogP contribution in [0.2, 0.25) is 0 Å². The molecule has 1 aliphatic heterocycles. The Bertz CT molecular complexity index is 255. The Morgan fingerprint density at radius 2 is 2.08 bits per heavy atom. The molecular weight excluding hydrogens is 283 g/mol. The summed E-state index contributed by atoms with van der Waals surface area (Å²) >= 11 is 4.25. The molecule has 0 aliphatic carbocycles. The van der Waals surface area contributed by atoms with Crippen LogP contribution in [0, 0.1) is 2.88 Å². The number of hydrogen-bond acceptors (Lipinski definition) is 3. The molecule has 0 saturated carbocycles. The Labute approximate surface area is 90.1 Å². The van der Waals surface area contributed by atoms with Gasteiger partial charge in [0, 0.05) is 26.2 Å². The largest absolute Gasteiger partial charge is 0.361 e. The Kier molecular flexibility index (Phi) is 2.87. The van der Waals surface area contributed by atoms with Crippen LogP contribution in [0.1, 0.15) is 0 Å². The number of halogens is 1. The highest BCUT2D eigenvalue weighted by Crippen LogP contribution is 2.26. The molecule has 0 atom stereocenters. The summed E-state index contributed by atoms with van der Waals surface area (Å²) in [7, 11) is 0. The Balaban J connectivity index is 2.08. The van der Waals surface area contributed by atoms with Crippen molar-refractivity contribution in [2.24, 2.45) is 0 Å². The molecule has 0 spiro atoms. The molecule has 1 N–H and O–H groups in total. The third-order valence-corrected chi connectivity index (χ3v) is 3.94. The highest BCUT2D eigenvalue weighted by Gasteiger charge is 2.11. The fourth-order valence-electron chi connectivity index (χ4n) is 1.36. The number of piperazine rings is 1. The van der Waals surface area contributed by atoms with Gasteiger partial charge in [-0.05, 0) is 34.7 Å². The Hall–Kier alpha value is 0.190. The van der Waals surface area contributed by atoms with Crippen LogP contribution < -0.4 is 10.2 Å². The fraction of sp³-hybridized carbons (Fsp3) is 0.500. The van der Waals surface area contributed by atoms with E-state index in [1.165, 1.54) is 7.88 Å². The normalized spacial score (nSPS) is 18.2. The van der Waals surface area contributed by atoms with Crippen molar-refractivity contribution in [1.29, 1.82) is 0 Å². The van der Waals surface area contributed by atoms with Crippen molar-refractivity contribution >= 4 is 38.9 Å². The van der Waals surface area contributed by atoms with Gasteiger partial charge in [0.1, 0.15) is 0 Å². The smallest absolute Gasteiger partial charge is 0.0920 e. The zero-order valence-electron chi connectivity index (χ0n) is 6.72. The van der Waals surface area contributed by atoms with Gasteiger partial charge in [-0.25, -0.2) is 0 Å². The summed E-state index contributed by atoms with van der Waals surface area (Å²) in [6.45, 7) is 4.54. The summed E-state index contributed by atoms with van der Waals surface area (Å²) in [4.78, 5) is 2.45. The first-order chi connectivity index (χ1) is 5.86. The predicted molar refractivity (Wildman–Crippen MR) is 62.1 cm³/mol. The monoisotopic (exact) mass is 294 g/mol. The van der Waals surface area contributed by atoms with Crippen molar-refractivity contribution in [1.82, 2.24) is 5.32 Å². The summed E-state index contributed by atoms with van der Waals surface area (Å²) in [5.74, 6) is 0. The summed E-state index contributed by atoms with van der Waals surface area (Å²) in [5, 5.41) is 4.77. The highest BCUT2D eigenvalue weighted by molar-refractivity contribution is 14.1. The van der Waals surface area contributed by atoms with E-state index < -0.39 is 0 Å². The van der Waals surface area contributed by atoms with E-state index in [0.29, 0.717) is 0 Å². The van der Waals surface area contributed by atoms with Gasteiger partial charge in [0.2, 0.25) is 0 Å². The fourth-order valence-corrected chi connectivity index (χ4v) is 3.00. The maximum atomic E-state index is 3.35. The molecule has 66 valence electrons.